The molecule has 3 fully saturated rings. The van der Waals surface area contributed by atoms with Crippen LogP contribution >= 0.6 is 0 Å². The lowest BCUT2D eigenvalue weighted by Crippen LogP contribution is -2.47. The number of nitriles is 1. The van der Waals surface area contributed by atoms with Crippen LogP contribution in [0.4, 0.5) is 0 Å². The number of hydrogen-bond acceptors (Lipinski definition) is 3. The third kappa shape index (κ3) is 2.53. The standard InChI is InChI=1S/C16H27N3/c1-18-16(12-17)8-6-15(10-16)19-9-7-13-4-2-3-5-14(13)11-19/h13-15,18H,2-11H2,1H3. The topological polar surface area (TPSA) is 39.1 Å². The van der Waals surface area contributed by atoms with Crippen molar-refractivity contribution in [2.45, 2.75) is 62.9 Å². The molecule has 0 aromatic rings. The van der Waals surface area contributed by atoms with Crippen molar-refractivity contribution in [3.05, 3.63) is 0 Å². The number of nitrogens with zero attached hydrogens (tertiary/aromatic N) is 2. The maximum atomic E-state index is 9.39. The van der Waals surface area contributed by atoms with Gasteiger partial charge in [0.05, 0.1) is 6.07 Å². The molecule has 1 aliphatic heterocycles. The zero-order valence-corrected chi connectivity index (χ0v) is 12.2. The molecule has 0 aromatic heterocycles. The van der Waals surface area contributed by atoms with Gasteiger partial charge in [-0.15, -0.1) is 0 Å². The van der Waals surface area contributed by atoms with Crippen LogP contribution in [-0.4, -0.2) is 36.6 Å². The molecule has 19 heavy (non-hydrogen) atoms. The number of rotatable bonds is 2. The molecule has 0 bridgehead atoms. The van der Waals surface area contributed by atoms with Gasteiger partial charge in [-0.25, -0.2) is 0 Å². The first kappa shape index (κ1) is 13.4. The number of hydrogen-bond donors (Lipinski definition) is 1. The second-order valence-electron chi connectivity index (χ2n) is 6.93. The molecule has 3 rings (SSSR count). The summed E-state index contributed by atoms with van der Waals surface area (Å²) >= 11 is 0. The molecule has 106 valence electrons. The average molecular weight is 261 g/mol. The van der Waals surface area contributed by atoms with Crippen molar-refractivity contribution in [1.29, 1.82) is 5.26 Å². The fourth-order valence-electron chi connectivity index (χ4n) is 4.68. The first-order valence-electron chi connectivity index (χ1n) is 8.10. The summed E-state index contributed by atoms with van der Waals surface area (Å²) in [4.78, 5) is 2.71. The van der Waals surface area contributed by atoms with Crippen LogP contribution in [0.5, 0.6) is 0 Å². The Morgan fingerprint density at radius 1 is 1.16 bits per heavy atom. The second kappa shape index (κ2) is 5.42. The highest BCUT2D eigenvalue weighted by Gasteiger charge is 2.42. The predicted octanol–water partition coefficient (Wildman–Crippen LogP) is 2.53. The van der Waals surface area contributed by atoms with Gasteiger partial charge in [0, 0.05) is 12.6 Å². The van der Waals surface area contributed by atoms with E-state index >= 15 is 0 Å². The molecule has 3 heteroatoms. The molecule has 3 aliphatic rings. The van der Waals surface area contributed by atoms with Crippen molar-refractivity contribution in [3.63, 3.8) is 0 Å². The minimum Gasteiger partial charge on any atom is -0.302 e. The minimum absolute atomic E-state index is 0.242. The molecule has 0 spiro atoms. The molecule has 0 aromatic carbocycles. The smallest absolute Gasteiger partial charge is 0.108 e. The van der Waals surface area contributed by atoms with Crippen LogP contribution in [0.3, 0.4) is 0 Å². The maximum absolute atomic E-state index is 9.39. The third-order valence-electron chi connectivity index (χ3n) is 6.02. The van der Waals surface area contributed by atoms with E-state index in [-0.39, 0.29) is 5.54 Å². The zero-order valence-electron chi connectivity index (χ0n) is 12.2. The van der Waals surface area contributed by atoms with Crippen molar-refractivity contribution in [3.8, 4) is 6.07 Å². The van der Waals surface area contributed by atoms with Crippen LogP contribution in [-0.2, 0) is 0 Å². The van der Waals surface area contributed by atoms with Crippen molar-refractivity contribution in [2.75, 3.05) is 20.1 Å². The number of piperidine rings is 1. The van der Waals surface area contributed by atoms with E-state index in [2.05, 4.69) is 16.3 Å². The highest BCUT2D eigenvalue weighted by atomic mass is 15.2. The van der Waals surface area contributed by atoms with Crippen LogP contribution < -0.4 is 5.32 Å². The largest absolute Gasteiger partial charge is 0.302 e. The van der Waals surface area contributed by atoms with Crippen LogP contribution in [0.25, 0.3) is 0 Å². The zero-order chi connectivity index (χ0) is 13.3. The summed E-state index contributed by atoms with van der Waals surface area (Å²) in [5.41, 5.74) is -0.242. The monoisotopic (exact) mass is 261 g/mol. The van der Waals surface area contributed by atoms with Crippen molar-refractivity contribution < 1.29 is 0 Å². The molecular formula is C16H27N3. The molecular weight excluding hydrogens is 234 g/mol. The summed E-state index contributed by atoms with van der Waals surface area (Å²) in [7, 11) is 1.94. The lowest BCUT2D eigenvalue weighted by molar-refractivity contribution is 0.0570. The van der Waals surface area contributed by atoms with Gasteiger partial charge in [0.25, 0.3) is 0 Å². The Balaban J connectivity index is 1.60. The number of fused-ring (bicyclic) bond motifs is 1. The highest BCUT2D eigenvalue weighted by molar-refractivity contribution is 5.13. The van der Waals surface area contributed by atoms with E-state index in [4.69, 9.17) is 0 Å². The Labute approximate surface area is 117 Å². The molecule has 0 radical (unpaired) electrons. The fraction of sp³-hybridized carbons (Fsp3) is 0.938. The normalized spacial score (nSPS) is 43.7. The quantitative estimate of drug-likeness (QED) is 0.830. The van der Waals surface area contributed by atoms with E-state index in [0.717, 1.165) is 24.7 Å². The molecule has 2 saturated carbocycles. The predicted molar refractivity (Wildman–Crippen MR) is 76.7 cm³/mol. The SMILES string of the molecule is CNC1(C#N)CCC(N2CCC3CCCCC3C2)C1. The molecule has 3 nitrogen and oxygen atoms in total. The van der Waals surface area contributed by atoms with Crippen molar-refractivity contribution in [2.24, 2.45) is 11.8 Å². The van der Waals surface area contributed by atoms with Crippen molar-refractivity contribution >= 4 is 0 Å². The summed E-state index contributed by atoms with van der Waals surface area (Å²) in [6.45, 7) is 2.58. The molecule has 1 N–H and O–H groups in total. The lowest BCUT2D eigenvalue weighted by Gasteiger charge is -2.43. The van der Waals surface area contributed by atoms with Crippen LogP contribution in [0.2, 0.25) is 0 Å². The van der Waals surface area contributed by atoms with Crippen molar-refractivity contribution in [1.82, 2.24) is 10.2 Å². The Morgan fingerprint density at radius 3 is 2.63 bits per heavy atom. The third-order valence-corrected chi connectivity index (χ3v) is 6.02. The van der Waals surface area contributed by atoms with Gasteiger partial charge in [0.15, 0.2) is 0 Å². The molecule has 2 aliphatic carbocycles. The minimum atomic E-state index is -0.242. The second-order valence-corrected chi connectivity index (χ2v) is 6.93. The number of nitrogens with one attached hydrogen (secondary N) is 1. The van der Waals surface area contributed by atoms with Crippen LogP contribution in [0.15, 0.2) is 0 Å². The van der Waals surface area contributed by atoms with Gasteiger partial charge in [0.2, 0.25) is 0 Å². The van der Waals surface area contributed by atoms with Crippen LogP contribution in [0, 0.1) is 23.2 Å². The summed E-state index contributed by atoms with van der Waals surface area (Å²) in [5, 5.41) is 12.7. The Kier molecular flexibility index (Phi) is 3.82. The molecule has 4 atom stereocenters. The summed E-state index contributed by atoms with van der Waals surface area (Å²) < 4.78 is 0. The first-order valence-corrected chi connectivity index (χ1v) is 8.10. The summed E-state index contributed by atoms with van der Waals surface area (Å²) in [6.07, 6.45) is 10.5. The molecule has 1 heterocycles. The van der Waals surface area contributed by atoms with Gasteiger partial charge in [-0.05, 0) is 57.5 Å². The van der Waals surface area contributed by atoms with Gasteiger partial charge >= 0.3 is 0 Å². The molecule has 4 unspecified atom stereocenters. The van der Waals surface area contributed by atoms with E-state index < -0.39 is 0 Å². The van der Waals surface area contributed by atoms with E-state index in [9.17, 15) is 5.26 Å². The van der Waals surface area contributed by atoms with Gasteiger partial charge < -0.3 is 5.32 Å². The Morgan fingerprint density at radius 2 is 1.95 bits per heavy atom. The fourth-order valence-corrected chi connectivity index (χ4v) is 4.68. The highest BCUT2D eigenvalue weighted by Crippen LogP contribution is 2.40. The lowest BCUT2D eigenvalue weighted by atomic mass is 9.75. The van der Waals surface area contributed by atoms with Gasteiger partial charge in [0.1, 0.15) is 5.54 Å². The summed E-state index contributed by atoms with van der Waals surface area (Å²) in [6, 6.07) is 3.16. The first-order chi connectivity index (χ1) is 9.26. The molecule has 1 saturated heterocycles. The maximum Gasteiger partial charge on any atom is 0.108 e. The van der Waals surface area contributed by atoms with Gasteiger partial charge in [-0.3, -0.25) is 4.90 Å². The Bertz CT molecular complexity index is 361. The van der Waals surface area contributed by atoms with E-state index in [1.54, 1.807) is 0 Å². The van der Waals surface area contributed by atoms with E-state index in [1.165, 1.54) is 51.6 Å². The summed E-state index contributed by atoms with van der Waals surface area (Å²) in [5.74, 6) is 1.96. The Hall–Kier alpha value is -0.590. The van der Waals surface area contributed by atoms with E-state index in [0.29, 0.717) is 6.04 Å². The number of likely N-dealkylation sites (tertiary alicyclic amines) is 1. The van der Waals surface area contributed by atoms with Gasteiger partial charge in [-0.2, -0.15) is 5.26 Å². The van der Waals surface area contributed by atoms with E-state index in [1.807, 2.05) is 7.05 Å². The van der Waals surface area contributed by atoms with Gasteiger partial charge in [-0.1, -0.05) is 19.3 Å². The van der Waals surface area contributed by atoms with Crippen LogP contribution in [0.1, 0.15) is 51.4 Å². The average Bonchev–Trinajstić information content (AvgIpc) is 2.92. The molecule has 0 amide bonds.